The number of anilines is 2. The molecule has 0 aromatic heterocycles. The molecule has 0 bridgehead atoms. The van der Waals surface area contributed by atoms with E-state index >= 15 is 0 Å². The van der Waals surface area contributed by atoms with Crippen LogP contribution in [0.1, 0.15) is 13.3 Å². The van der Waals surface area contributed by atoms with Crippen LogP contribution in [0.25, 0.3) is 0 Å². The molecule has 19 heavy (non-hydrogen) atoms. The van der Waals surface area contributed by atoms with E-state index < -0.39 is 10.0 Å². The van der Waals surface area contributed by atoms with Crippen LogP contribution in [0.15, 0.2) is 24.3 Å². The number of rotatable bonds is 5. The molecular formula is C13H20N2O3S. The molecule has 1 aliphatic rings. The third-order valence-corrected chi connectivity index (χ3v) is 4.48. The number of ether oxygens (including phenoxy) is 1. The van der Waals surface area contributed by atoms with Crippen molar-refractivity contribution in [3.63, 3.8) is 0 Å². The van der Waals surface area contributed by atoms with Crippen molar-refractivity contribution in [1.29, 1.82) is 0 Å². The van der Waals surface area contributed by atoms with E-state index in [-0.39, 0.29) is 5.75 Å². The Labute approximate surface area is 114 Å². The van der Waals surface area contributed by atoms with Gasteiger partial charge < -0.3 is 9.64 Å². The van der Waals surface area contributed by atoms with Gasteiger partial charge in [-0.15, -0.1) is 0 Å². The minimum Gasteiger partial charge on any atom is -0.378 e. The summed E-state index contributed by atoms with van der Waals surface area (Å²) in [4.78, 5) is 2.23. The Balaban J connectivity index is 2.02. The van der Waals surface area contributed by atoms with Crippen molar-refractivity contribution in [2.75, 3.05) is 41.7 Å². The number of sulfonamides is 1. The SMILES string of the molecule is CCCS(=O)(=O)Nc1ccc(N2CCOCC2)cc1. The predicted octanol–water partition coefficient (Wildman–Crippen LogP) is 1.67. The van der Waals surface area contributed by atoms with Gasteiger partial charge in [-0.3, -0.25) is 4.72 Å². The van der Waals surface area contributed by atoms with E-state index in [9.17, 15) is 8.42 Å². The molecule has 2 rings (SSSR count). The van der Waals surface area contributed by atoms with E-state index in [1.807, 2.05) is 19.1 Å². The molecule has 5 nitrogen and oxygen atoms in total. The lowest BCUT2D eigenvalue weighted by molar-refractivity contribution is 0.122. The highest BCUT2D eigenvalue weighted by molar-refractivity contribution is 7.92. The number of benzene rings is 1. The molecule has 1 aromatic rings. The van der Waals surface area contributed by atoms with Crippen LogP contribution < -0.4 is 9.62 Å². The fourth-order valence-corrected chi connectivity index (χ4v) is 3.20. The zero-order valence-corrected chi connectivity index (χ0v) is 11.9. The van der Waals surface area contributed by atoms with Gasteiger partial charge in [0.25, 0.3) is 0 Å². The highest BCUT2D eigenvalue weighted by Gasteiger charge is 2.12. The zero-order chi connectivity index (χ0) is 13.7. The lowest BCUT2D eigenvalue weighted by atomic mass is 10.2. The molecular weight excluding hydrogens is 264 g/mol. The highest BCUT2D eigenvalue weighted by atomic mass is 32.2. The number of hydrogen-bond donors (Lipinski definition) is 1. The largest absolute Gasteiger partial charge is 0.378 e. The lowest BCUT2D eigenvalue weighted by Crippen LogP contribution is -2.36. The van der Waals surface area contributed by atoms with Crippen LogP contribution in [-0.2, 0) is 14.8 Å². The van der Waals surface area contributed by atoms with E-state index in [1.165, 1.54) is 0 Å². The molecule has 0 atom stereocenters. The average molecular weight is 284 g/mol. The summed E-state index contributed by atoms with van der Waals surface area (Å²) < 4.78 is 31.2. The fourth-order valence-electron chi connectivity index (χ4n) is 2.06. The summed E-state index contributed by atoms with van der Waals surface area (Å²) in [6.07, 6.45) is 0.612. The topological polar surface area (TPSA) is 58.6 Å². The molecule has 1 fully saturated rings. The lowest BCUT2D eigenvalue weighted by Gasteiger charge is -2.28. The van der Waals surface area contributed by atoms with Crippen molar-refractivity contribution >= 4 is 21.4 Å². The number of nitrogens with one attached hydrogen (secondary N) is 1. The first-order valence-corrected chi connectivity index (χ1v) is 8.19. The van der Waals surface area contributed by atoms with E-state index in [4.69, 9.17) is 4.74 Å². The van der Waals surface area contributed by atoms with Gasteiger partial charge in [-0.2, -0.15) is 0 Å². The highest BCUT2D eigenvalue weighted by Crippen LogP contribution is 2.19. The van der Waals surface area contributed by atoms with Crippen molar-refractivity contribution in [2.24, 2.45) is 0 Å². The van der Waals surface area contributed by atoms with Crippen molar-refractivity contribution in [3.05, 3.63) is 24.3 Å². The van der Waals surface area contributed by atoms with Crippen molar-refractivity contribution in [3.8, 4) is 0 Å². The van der Waals surface area contributed by atoms with Crippen LogP contribution in [-0.4, -0.2) is 40.5 Å². The minimum absolute atomic E-state index is 0.151. The van der Waals surface area contributed by atoms with Gasteiger partial charge in [-0.1, -0.05) is 6.92 Å². The second-order valence-electron chi connectivity index (χ2n) is 4.57. The van der Waals surface area contributed by atoms with Gasteiger partial charge in [0.05, 0.1) is 19.0 Å². The summed E-state index contributed by atoms with van der Waals surface area (Å²) in [5, 5.41) is 0. The number of hydrogen-bond acceptors (Lipinski definition) is 4. The van der Waals surface area contributed by atoms with Crippen LogP contribution in [0.4, 0.5) is 11.4 Å². The van der Waals surface area contributed by atoms with Crippen LogP contribution in [0.2, 0.25) is 0 Å². The molecule has 106 valence electrons. The number of morpholine rings is 1. The van der Waals surface area contributed by atoms with E-state index in [2.05, 4.69) is 9.62 Å². The van der Waals surface area contributed by atoms with Gasteiger partial charge in [-0.25, -0.2) is 8.42 Å². The molecule has 1 aromatic carbocycles. The van der Waals surface area contributed by atoms with E-state index in [1.54, 1.807) is 12.1 Å². The van der Waals surface area contributed by atoms with Crippen LogP contribution >= 0.6 is 0 Å². The molecule has 0 radical (unpaired) electrons. The maximum Gasteiger partial charge on any atom is 0.232 e. The molecule has 0 spiro atoms. The van der Waals surface area contributed by atoms with Crippen LogP contribution in [0.3, 0.4) is 0 Å². The van der Waals surface area contributed by atoms with Gasteiger partial charge in [0.1, 0.15) is 0 Å². The molecule has 0 aliphatic carbocycles. The van der Waals surface area contributed by atoms with E-state index in [0.29, 0.717) is 12.1 Å². The summed E-state index contributed by atoms with van der Waals surface area (Å²) in [6.45, 7) is 5.08. The molecule has 1 aliphatic heterocycles. The Kier molecular flexibility index (Phi) is 4.66. The normalized spacial score (nSPS) is 16.4. The quantitative estimate of drug-likeness (QED) is 0.893. The van der Waals surface area contributed by atoms with Gasteiger partial charge in [-0.05, 0) is 30.7 Å². The molecule has 1 heterocycles. The maximum atomic E-state index is 11.6. The smallest absolute Gasteiger partial charge is 0.232 e. The first-order valence-electron chi connectivity index (χ1n) is 6.54. The number of nitrogens with zero attached hydrogens (tertiary/aromatic N) is 1. The van der Waals surface area contributed by atoms with Gasteiger partial charge >= 0.3 is 0 Å². The summed E-state index contributed by atoms with van der Waals surface area (Å²) in [5.41, 5.74) is 1.71. The minimum atomic E-state index is -3.21. The van der Waals surface area contributed by atoms with Crippen LogP contribution in [0.5, 0.6) is 0 Å². The molecule has 0 unspecified atom stereocenters. The Bertz CT molecular complexity index is 493. The van der Waals surface area contributed by atoms with Gasteiger partial charge in [0.15, 0.2) is 0 Å². The molecule has 1 N–H and O–H groups in total. The van der Waals surface area contributed by atoms with E-state index in [0.717, 1.165) is 32.0 Å². The Morgan fingerprint density at radius 2 is 1.84 bits per heavy atom. The van der Waals surface area contributed by atoms with Gasteiger partial charge in [0.2, 0.25) is 10.0 Å². The van der Waals surface area contributed by atoms with Crippen molar-refractivity contribution < 1.29 is 13.2 Å². The maximum absolute atomic E-state index is 11.6. The summed E-state index contributed by atoms with van der Waals surface area (Å²) in [5.74, 6) is 0.151. The third-order valence-electron chi connectivity index (χ3n) is 2.99. The first kappa shape index (κ1) is 14.1. The predicted molar refractivity (Wildman–Crippen MR) is 77.2 cm³/mol. The van der Waals surface area contributed by atoms with Crippen molar-refractivity contribution in [2.45, 2.75) is 13.3 Å². The standard InChI is InChI=1S/C13H20N2O3S/c1-2-11-19(16,17)14-12-3-5-13(6-4-12)15-7-9-18-10-8-15/h3-6,14H,2,7-11H2,1H3. The Hall–Kier alpha value is -1.27. The summed E-state index contributed by atoms with van der Waals surface area (Å²) >= 11 is 0. The van der Waals surface area contributed by atoms with Gasteiger partial charge in [0, 0.05) is 24.5 Å². The molecule has 6 heteroatoms. The molecule has 1 saturated heterocycles. The molecule has 0 amide bonds. The molecule has 0 saturated carbocycles. The monoisotopic (exact) mass is 284 g/mol. The van der Waals surface area contributed by atoms with Crippen molar-refractivity contribution in [1.82, 2.24) is 0 Å². The Morgan fingerprint density at radius 3 is 2.42 bits per heavy atom. The van der Waals surface area contributed by atoms with Crippen LogP contribution in [0, 0.1) is 0 Å². The summed E-state index contributed by atoms with van der Waals surface area (Å²) in [6, 6.07) is 7.49. The fraction of sp³-hybridized carbons (Fsp3) is 0.538. The Morgan fingerprint density at radius 1 is 1.21 bits per heavy atom. The first-order chi connectivity index (χ1) is 9.11. The summed E-state index contributed by atoms with van der Waals surface area (Å²) in [7, 11) is -3.21. The third kappa shape index (κ3) is 4.11. The second-order valence-corrected chi connectivity index (χ2v) is 6.41. The second kappa shape index (κ2) is 6.25. The zero-order valence-electron chi connectivity index (χ0n) is 11.1. The average Bonchev–Trinajstić information content (AvgIpc) is 2.40.